The van der Waals surface area contributed by atoms with E-state index >= 15 is 0 Å². The number of hydrogen-bond acceptors (Lipinski definition) is 6. The molecule has 3 atom stereocenters. The first kappa shape index (κ1) is 18.2. The van der Waals surface area contributed by atoms with Crippen molar-refractivity contribution in [1.29, 1.82) is 0 Å². The number of esters is 1. The van der Waals surface area contributed by atoms with Crippen LogP contribution in [0.5, 0.6) is 0 Å². The summed E-state index contributed by atoms with van der Waals surface area (Å²) in [5.74, 6) is -0.753. The first-order valence-electron chi connectivity index (χ1n) is 8.58. The summed E-state index contributed by atoms with van der Waals surface area (Å²) in [6, 6.07) is 8.18. The standard InChI is InChI=1S/C18H22N2O6/c1-24-17-13(10-15(21)26-17)19-16(22)14-8-5-9-20(14)18(23)25-11-12-6-3-2-4-7-12/h2-4,6-7,13-14,17H,5,8-11H2,1H3,(H,19,22)/t13-,14?,17+/m0/s1. The van der Waals surface area contributed by atoms with Gasteiger partial charge in [-0.25, -0.2) is 4.79 Å². The molecule has 2 heterocycles. The molecule has 1 N–H and O–H groups in total. The number of amides is 2. The van der Waals surface area contributed by atoms with Gasteiger partial charge < -0.3 is 19.5 Å². The Bertz CT molecular complexity index is 665. The maximum Gasteiger partial charge on any atom is 0.410 e. The second-order valence-corrected chi connectivity index (χ2v) is 6.30. The van der Waals surface area contributed by atoms with Crippen LogP contribution in [0.25, 0.3) is 0 Å². The van der Waals surface area contributed by atoms with E-state index in [4.69, 9.17) is 14.2 Å². The van der Waals surface area contributed by atoms with Crippen LogP contribution in [0.2, 0.25) is 0 Å². The molecule has 3 rings (SSSR count). The minimum atomic E-state index is -0.800. The van der Waals surface area contributed by atoms with Gasteiger partial charge in [-0.2, -0.15) is 0 Å². The van der Waals surface area contributed by atoms with Crippen LogP contribution < -0.4 is 5.32 Å². The molecule has 2 saturated heterocycles. The molecule has 2 aliphatic rings. The van der Waals surface area contributed by atoms with E-state index in [-0.39, 0.29) is 18.9 Å². The van der Waals surface area contributed by atoms with Gasteiger partial charge in [0, 0.05) is 13.7 Å². The number of cyclic esters (lactones) is 1. The maximum atomic E-state index is 12.6. The van der Waals surface area contributed by atoms with Gasteiger partial charge in [-0.05, 0) is 18.4 Å². The number of nitrogens with one attached hydrogen (secondary N) is 1. The average Bonchev–Trinajstić information content (AvgIpc) is 3.27. The van der Waals surface area contributed by atoms with Crippen LogP contribution in [0.3, 0.4) is 0 Å². The van der Waals surface area contributed by atoms with Gasteiger partial charge in [0.2, 0.25) is 12.2 Å². The zero-order valence-corrected chi connectivity index (χ0v) is 14.6. The molecule has 8 heteroatoms. The molecular weight excluding hydrogens is 340 g/mol. The molecule has 140 valence electrons. The fraction of sp³-hybridized carbons (Fsp3) is 0.500. The normalized spacial score (nSPS) is 25.0. The van der Waals surface area contributed by atoms with E-state index < -0.39 is 30.4 Å². The zero-order valence-electron chi connectivity index (χ0n) is 14.6. The van der Waals surface area contributed by atoms with Crippen molar-refractivity contribution in [2.24, 2.45) is 0 Å². The van der Waals surface area contributed by atoms with Crippen molar-refractivity contribution in [3.63, 3.8) is 0 Å². The second kappa shape index (κ2) is 8.18. The van der Waals surface area contributed by atoms with Crippen LogP contribution >= 0.6 is 0 Å². The fourth-order valence-corrected chi connectivity index (χ4v) is 3.21. The summed E-state index contributed by atoms with van der Waals surface area (Å²) >= 11 is 0. The smallest absolute Gasteiger partial charge is 0.410 e. The van der Waals surface area contributed by atoms with Crippen LogP contribution in [-0.2, 0) is 30.4 Å². The van der Waals surface area contributed by atoms with E-state index in [1.807, 2.05) is 30.3 Å². The monoisotopic (exact) mass is 362 g/mol. The molecule has 1 unspecified atom stereocenters. The van der Waals surface area contributed by atoms with Gasteiger partial charge in [-0.15, -0.1) is 0 Å². The molecule has 0 bridgehead atoms. The van der Waals surface area contributed by atoms with Gasteiger partial charge in [0.05, 0.1) is 6.42 Å². The largest absolute Gasteiger partial charge is 0.445 e. The average molecular weight is 362 g/mol. The minimum Gasteiger partial charge on any atom is -0.445 e. The highest BCUT2D eigenvalue weighted by Crippen LogP contribution is 2.21. The van der Waals surface area contributed by atoms with Crippen molar-refractivity contribution < 1.29 is 28.6 Å². The number of rotatable bonds is 5. The summed E-state index contributed by atoms with van der Waals surface area (Å²) < 4.78 is 15.3. The molecule has 0 saturated carbocycles. The Hall–Kier alpha value is -2.61. The third-order valence-corrected chi connectivity index (χ3v) is 4.52. The molecule has 2 fully saturated rings. The SMILES string of the molecule is CO[C@@H]1OC(=O)C[C@@H]1NC(=O)C1CCCN1C(=O)OCc1ccccc1. The van der Waals surface area contributed by atoms with Crippen molar-refractivity contribution >= 4 is 18.0 Å². The summed E-state index contributed by atoms with van der Waals surface area (Å²) in [6.45, 7) is 0.612. The highest BCUT2D eigenvalue weighted by molar-refractivity contribution is 5.87. The summed E-state index contributed by atoms with van der Waals surface area (Å²) in [5.41, 5.74) is 0.880. The van der Waals surface area contributed by atoms with Gasteiger partial charge in [-0.3, -0.25) is 14.5 Å². The van der Waals surface area contributed by atoms with Crippen molar-refractivity contribution in [2.45, 2.75) is 44.2 Å². The zero-order chi connectivity index (χ0) is 18.5. The number of carbonyl (C=O) groups is 3. The first-order chi connectivity index (χ1) is 12.6. The lowest BCUT2D eigenvalue weighted by atomic mass is 10.1. The highest BCUT2D eigenvalue weighted by atomic mass is 16.7. The van der Waals surface area contributed by atoms with Crippen LogP contribution in [0.15, 0.2) is 30.3 Å². The van der Waals surface area contributed by atoms with E-state index in [1.54, 1.807) is 0 Å². The molecular formula is C18H22N2O6. The number of benzene rings is 1. The van der Waals surface area contributed by atoms with Crippen molar-refractivity contribution in [3.8, 4) is 0 Å². The number of likely N-dealkylation sites (tertiary alicyclic amines) is 1. The van der Waals surface area contributed by atoms with E-state index in [1.165, 1.54) is 12.0 Å². The Balaban J connectivity index is 1.56. The molecule has 0 spiro atoms. The Morgan fingerprint density at radius 1 is 1.31 bits per heavy atom. The first-order valence-corrected chi connectivity index (χ1v) is 8.58. The molecule has 0 aliphatic carbocycles. The molecule has 0 aromatic heterocycles. The highest BCUT2D eigenvalue weighted by Gasteiger charge is 2.40. The Morgan fingerprint density at radius 3 is 2.81 bits per heavy atom. The van der Waals surface area contributed by atoms with Gasteiger partial charge >= 0.3 is 12.1 Å². The van der Waals surface area contributed by atoms with Gasteiger partial charge in [0.1, 0.15) is 18.7 Å². The topological polar surface area (TPSA) is 94.2 Å². The number of hydrogen-bond donors (Lipinski definition) is 1. The third kappa shape index (κ3) is 4.13. The lowest BCUT2D eigenvalue weighted by Crippen LogP contribution is -2.51. The van der Waals surface area contributed by atoms with Crippen molar-refractivity contribution in [2.75, 3.05) is 13.7 Å². The van der Waals surface area contributed by atoms with Gasteiger partial charge in [0.25, 0.3) is 0 Å². The summed E-state index contributed by atoms with van der Waals surface area (Å²) in [6.07, 6.45) is -0.00687. The maximum absolute atomic E-state index is 12.6. The van der Waals surface area contributed by atoms with Gasteiger partial charge in [-0.1, -0.05) is 30.3 Å². The summed E-state index contributed by atoms with van der Waals surface area (Å²) in [5, 5.41) is 2.75. The van der Waals surface area contributed by atoms with Crippen LogP contribution in [0, 0.1) is 0 Å². The number of methoxy groups -OCH3 is 1. The molecule has 0 radical (unpaired) electrons. The quantitative estimate of drug-likeness (QED) is 0.791. The molecule has 2 amide bonds. The van der Waals surface area contributed by atoms with Gasteiger partial charge in [0.15, 0.2) is 0 Å². The van der Waals surface area contributed by atoms with E-state index in [0.29, 0.717) is 19.4 Å². The Kier molecular flexibility index (Phi) is 5.72. The van der Waals surface area contributed by atoms with Crippen LogP contribution in [0.4, 0.5) is 4.79 Å². The molecule has 26 heavy (non-hydrogen) atoms. The molecule has 8 nitrogen and oxygen atoms in total. The second-order valence-electron chi connectivity index (χ2n) is 6.30. The fourth-order valence-electron chi connectivity index (χ4n) is 3.21. The van der Waals surface area contributed by atoms with E-state index in [0.717, 1.165) is 5.56 Å². The number of nitrogens with zero attached hydrogens (tertiary/aromatic N) is 1. The molecule has 1 aromatic carbocycles. The lowest BCUT2D eigenvalue weighted by Gasteiger charge is -2.25. The van der Waals surface area contributed by atoms with E-state index in [2.05, 4.69) is 5.32 Å². The number of ether oxygens (including phenoxy) is 3. The Morgan fingerprint density at radius 2 is 2.08 bits per heavy atom. The minimum absolute atomic E-state index is 0.0510. The van der Waals surface area contributed by atoms with Crippen molar-refractivity contribution in [1.82, 2.24) is 10.2 Å². The molecule has 2 aliphatic heterocycles. The Labute approximate surface area is 151 Å². The third-order valence-electron chi connectivity index (χ3n) is 4.52. The predicted molar refractivity (Wildman–Crippen MR) is 89.8 cm³/mol. The summed E-state index contributed by atoms with van der Waals surface area (Å²) in [4.78, 5) is 37.7. The van der Waals surface area contributed by atoms with Crippen LogP contribution in [-0.4, -0.2) is 54.9 Å². The van der Waals surface area contributed by atoms with E-state index in [9.17, 15) is 14.4 Å². The van der Waals surface area contributed by atoms with Crippen molar-refractivity contribution in [3.05, 3.63) is 35.9 Å². The number of carbonyl (C=O) groups excluding carboxylic acids is 3. The predicted octanol–water partition coefficient (Wildman–Crippen LogP) is 1.19. The molecule has 1 aromatic rings. The summed E-state index contributed by atoms with van der Waals surface area (Å²) in [7, 11) is 1.41. The lowest BCUT2D eigenvalue weighted by molar-refractivity contribution is -0.160. The van der Waals surface area contributed by atoms with Crippen LogP contribution in [0.1, 0.15) is 24.8 Å².